The Labute approximate surface area is 261 Å². The highest BCUT2D eigenvalue weighted by atomic mass is 35.5. The first-order chi connectivity index (χ1) is 21.6. The fourth-order valence-corrected chi connectivity index (χ4v) is 4.73. The fraction of sp³-hybridized carbons (Fsp3) is 0.533. The van der Waals surface area contributed by atoms with Crippen LogP contribution in [-0.4, -0.2) is 96.3 Å². The van der Waals surface area contributed by atoms with Gasteiger partial charge in [-0.05, 0) is 35.6 Å². The zero-order chi connectivity index (χ0) is 31.0. The summed E-state index contributed by atoms with van der Waals surface area (Å²) in [4.78, 5) is 21.2. The first kappa shape index (κ1) is 33.5. The predicted molar refractivity (Wildman–Crippen MR) is 163 cm³/mol. The van der Waals surface area contributed by atoms with Gasteiger partial charge in [0.05, 0.1) is 70.5 Å². The highest BCUT2D eigenvalue weighted by Crippen LogP contribution is 2.32. The van der Waals surface area contributed by atoms with Gasteiger partial charge in [-0.2, -0.15) is 15.1 Å². The minimum atomic E-state index is -0.326. The number of carbonyl (C=O) groups excluding carboxylic acids is 1. The molecule has 1 aromatic carbocycles. The number of aromatic nitrogens is 4. The number of hydrogen-bond donors (Lipinski definition) is 3. The molecule has 2 unspecified atom stereocenters. The monoisotopic (exact) mass is 630 g/mol. The van der Waals surface area contributed by atoms with Crippen LogP contribution < -0.4 is 10.6 Å². The Kier molecular flexibility index (Phi) is 14.1. The molecule has 2 atom stereocenters. The van der Waals surface area contributed by atoms with E-state index < -0.39 is 0 Å². The first-order valence-corrected chi connectivity index (χ1v) is 15.0. The van der Waals surface area contributed by atoms with Crippen LogP contribution in [0.5, 0.6) is 0 Å². The molecule has 3 aromatic rings. The van der Waals surface area contributed by atoms with Gasteiger partial charge in [0.2, 0.25) is 11.2 Å². The molecule has 4 rings (SSSR count). The highest BCUT2D eigenvalue weighted by molar-refractivity contribution is 6.28. The number of aliphatic hydroxyl groups excluding tert-OH is 1. The van der Waals surface area contributed by atoms with E-state index in [0.29, 0.717) is 82.6 Å². The molecule has 0 saturated carbocycles. The van der Waals surface area contributed by atoms with Crippen molar-refractivity contribution in [3.8, 4) is 12.3 Å². The zero-order valence-corrected chi connectivity index (χ0v) is 25.3. The third-order valence-electron chi connectivity index (χ3n) is 6.80. The summed E-state index contributed by atoms with van der Waals surface area (Å²) in [6.07, 6.45) is 7.93. The van der Waals surface area contributed by atoms with Crippen LogP contribution in [0.25, 0.3) is 11.0 Å². The number of amides is 1. The summed E-state index contributed by atoms with van der Waals surface area (Å²) < 4.78 is 29.0. The molecule has 3 heterocycles. The number of carbonyl (C=O) groups is 1. The normalized spacial score (nSPS) is 16.3. The molecule has 1 saturated heterocycles. The summed E-state index contributed by atoms with van der Waals surface area (Å²) in [5.74, 6) is 2.83. The van der Waals surface area contributed by atoms with Crippen molar-refractivity contribution in [2.75, 3.05) is 64.8 Å². The Morgan fingerprint density at radius 1 is 1.02 bits per heavy atom. The van der Waals surface area contributed by atoms with Crippen LogP contribution in [0, 0.1) is 12.3 Å². The Balaban J connectivity index is 1.17. The number of halogens is 1. The quantitative estimate of drug-likeness (QED) is 0.0959. The van der Waals surface area contributed by atoms with E-state index in [-0.39, 0.29) is 43.2 Å². The molecule has 1 fully saturated rings. The number of nitrogens with one attached hydrogen (secondary N) is 2. The minimum Gasteiger partial charge on any atom is -0.394 e. The van der Waals surface area contributed by atoms with Crippen LogP contribution in [0.2, 0.25) is 5.28 Å². The second-order valence-corrected chi connectivity index (χ2v) is 10.2. The second-order valence-electron chi connectivity index (χ2n) is 9.88. The Morgan fingerprint density at radius 3 is 2.39 bits per heavy atom. The van der Waals surface area contributed by atoms with Crippen LogP contribution in [0.3, 0.4) is 0 Å². The first-order valence-electron chi connectivity index (χ1n) is 14.6. The Bertz CT molecular complexity index is 1370. The van der Waals surface area contributed by atoms with E-state index in [2.05, 4.69) is 31.6 Å². The molecule has 13 nitrogen and oxygen atoms in total. The summed E-state index contributed by atoms with van der Waals surface area (Å²) >= 11 is 6.26. The Morgan fingerprint density at radius 2 is 1.70 bits per heavy atom. The van der Waals surface area contributed by atoms with E-state index in [1.807, 2.05) is 24.3 Å². The summed E-state index contributed by atoms with van der Waals surface area (Å²) in [5, 5.41) is 21.0. The maximum Gasteiger partial charge on any atom is 0.226 e. The Hall–Kier alpha value is -3.35. The number of terminal acetylenes is 1. The van der Waals surface area contributed by atoms with Gasteiger partial charge in [-0.15, -0.1) is 6.42 Å². The number of hydrogen-bond acceptors (Lipinski definition) is 11. The molecule has 1 amide bonds. The molecule has 238 valence electrons. The summed E-state index contributed by atoms with van der Waals surface area (Å²) in [6, 6.07) is 7.82. The van der Waals surface area contributed by atoms with Gasteiger partial charge in [-0.3, -0.25) is 4.79 Å². The number of nitrogens with zero attached hydrogens (tertiary/aromatic N) is 4. The van der Waals surface area contributed by atoms with Crippen molar-refractivity contribution in [2.24, 2.45) is 0 Å². The number of anilines is 1. The van der Waals surface area contributed by atoms with Gasteiger partial charge in [0.1, 0.15) is 12.4 Å². The van der Waals surface area contributed by atoms with Gasteiger partial charge >= 0.3 is 0 Å². The van der Waals surface area contributed by atoms with Gasteiger partial charge in [-0.1, -0.05) is 30.2 Å². The molecular formula is C30H39ClN6O7. The summed E-state index contributed by atoms with van der Waals surface area (Å²) in [5.41, 5.74) is 2.51. The van der Waals surface area contributed by atoms with Gasteiger partial charge in [0.25, 0.3) is 0 Å². The number of benzene rings is 1. The third-order valence-corrected chi connectivity index (χ3v) is 6.97. The van der Waals surface area contributed by atoms with E-state index in [1.165, 1.54) is 0 Å². The van der Waals surface area contributed by atoms with Crippen LogP contribution >= 0.6 is 11.6 Å². The van der Waals surface area contributed by atoms with Crippen LogP contribution in [-0.2, 0) is 41.6 Å². The topological polar surface area (TPSA) is 151 Å². The predicted octanol–water partition coefficient (Wildman–Crippen LogP) is 2.47. The number of fused-ring (bicyclic) bond motifs is 1. The van der Waals surface area contributed by atoms with E-state index in [0.717, 1.165) is 17.5 Å². The summed E-state index contributed by atoms with van der Waals surface area (Å²) in [6.45, 7) is 4.00. The van der Waals surface area contributed by atoms with Crippen molar-refractivity contribution >= 4 is 34.4 Å². The van der Waals surface area contributed by atoms with Crippen molar-refractivity contribution in [3.63, 3.8) is 0 Å². The molecule has 1 aliphatic rings. The molecule has 0 radical (unpaired) electrons. The molecule has 2 aromatic heterocycles. The highest BCUT2D eigenvalue weighted by Gasteiger charge is 2.28. The van der Waals surface area contributed by atoms with Crippen LogP contribution in [0.4, 0.5) is 5.82 Å². The SMILES string of the molecule is C#CCOCCOCCOCCOCCC(=O)NCc1ccccc1CNc1nc(Cl)nc2c1cnn2C1CCC(CO)O1. The molecular weight excluding hydrogens is 592 g/mol. The molecule has 0 spiro atoms. The van der Waals surface area contributed by atoms with Crippen LogP contribution in [0.15, 0.2) is 30.5 Å². The maximum atomic E-state index is 12.4. The lowest BCUT2D eigenvalue weighted by atomic mass is 10.1. The lowest BCUT2D eigenvalue weighted by Gasteiger charge is -2.14. The van der Waals surface area contributed by atoms with Crippen molar-refractivity contribution < 1.29 is 33.6 Å². The second kappa shape index (κ2) is 18.5. The van der Waals surface area contributed by atoms with Gasteiger partial charge < -0.3 is 39.4 Å². The van der Waals surface area contributed by atoms with Crippen molar-refractivity contribution in [3.05, 3.63) is 46.9 Å². The molecule has 14 heteroatoms. The third kappa shape index (κ3) is 10.4. The smallest absolute Gasteiger partial charge is 0.226 e. The molecule has 0 aliphatic carbocycles. The average Bonchev–Trinajstić information content (AvgIpc) is 3.68. The zero-order valence-electron chi connectivity index (χ0n) is 24.6. The number of rotatable bonds is 20. The van der Waals surface area contributed by atoms with Crippen molar-refractivity contribution in [1.82, 2.24) is 25.1 Å². The lowest BCUT2D eigenvalue weighted by molar-refractivity contribution is -0.122. The van der Waals surface area contributed by atoms with E-state index >= 15 is 0 Å². The largest absolute Gasteiger partial charge is 0.394 e. The van der Waals surface area contributed by atoms with Gasteiger partial charge in [-0.25, -0.2) is 4.68 Å². The number of aliphatic hydroxyl groups is 1. The standard InChI is InChI=1S/C30H39ClN6O7/c1-2-10-40-12-14-42-16-17-43-15-13-41-11-9-26(39)32-18-22-5-3-4-6-23(22)19-33-28-25-20-34-37(29(25)36-30(31)35-28)27-8-7-24(21-38)44-27/h1,3-6,20,24,27,38H,7-19,21H2,(H,32,39)(H,33,35,36). The number of ether oxygens (including phenoxy) is 5. The van der Waals surface area contributed by atoms with Gasteiger partial charge in [0, 0.05) is 19.5 Å². The van der Waals surface area contributed by atoms with Gasteiger partial charge in [0.15, 0.2) is 11.9 Å². The molecule has 1 aliphatic heterocycles. The maximum absolute atomic E-state index is 12.4. The molecule has 44 heavy (non-hydrogen) atoms. The fourth-order valence-electron chi connectivity index (χ4n) is 4.56. The van der Waals surface area contributed by atoms with E-state index in [4.69, 9.17) is 41.7 Å². The molecule has 3 N–H and O–H groups in total. The average molecular weight is 631 g/mol. The minimum absolute atomic E-state index is 0.0367. The van der Waals surface area contributed by atoms with E-state index in [9.17, 15) is 9.90 Å². The van der Waals surface area contributed by atoms with Crippen molar-refractivity contribution in [1.29, 1.82) is 0 Å². The lowest BCUT2D eigenvalue weighted by Crippen LogP contribution is -2.25. The van der Waals surface area contributed by atoms with E-state index in [1.54, 1.807) is 10.9 Å². The summed E-state index contributed by atoms with van der Waals surface area (Å²) in [7, 11) is 0. The van der Waals surface area contributed by atoms with Crippen molar-refractivity contribution in [2.45, 2.75) is 44.7 Å². The molecule has 0 bridgehead atoms. The van der Waals surface area contributed by atoms with Crippen LogP contribution in [0.1, 0.15) is 36.6 Å².